The van der Waals surface area contributed by atoms with Crippen molar-refractivity contribution in [1.29, 1.82) is 0 Å². The molecule has 22 heavy (non-hydrogen) atoms. The Morgan fingerprint density at radius 1 is 1.27 bits per heavy atom. The average molecular weight is 315 g/mol. The lowest BCUT2D eigenvalue weighted by atomic mass is 10.2. The summed E-state index contributed by atoms with van der Waals surface area (Å²) in [6.45, 7) is 1.38. The van der Waals surface area contributed by atoms with Gasteiger partial charge in [0.05, 0.1) is 25.0 Å². The number of anilines is 2. The Bertz CT molecular complexity index is 710. The molecule has 3 rings (SSSR count). The molecule has 6 nitrogen and oxygen atoms in total. The van der Waals surface area contributed by atoms with E-state index in [0.29, 0.717) is 6.61 Å². The van der Waals surface area contributed by atoms with E-state index in [4.69, 9.17) is 4.74 Å². The standard InChI is InChI=1S/C15H17N5OS/c1-21-8-7-14-18-15(22-19-14)17-13-9-16-20(11-13)10-12-5-3-2-4-6-12/h2-6,9,11H,7-8,10H2,1H3,(H,17,18,19). The highest BCUT2D eigenvalue weighted by Crippen LogP contribution is 2.18. The van der Waals surface area contributed by atoms with Crippen LogP contribution in [0.25, 0.3) is 0 Å². The first-order valence-corrected chi connectivity index (χ1v) is 7.76. The van der Waals surface area contributed by atoms with E-state index in [1.807, 2.05) is 29.1 Å². The van der Waals surface area contributed by atoms with Gasteiger partial charge in [-0.25, -0.2) is 4.98 Å². The number of hydrogen-bond acceptors (Lipinski definition) is 6. The van der Waals surface area contributed by atoms with Gasteiger partial charge in [-0.3, -0.25) is 4.68 Å². The fourth-order valence-electron chi connectivity index (χ4n) is 2.01. The smallest absolute Gasteiger partial charge is 0.207 e. The van der Waals surface area contributed by atoms with Crippen molar-refractivity contribution in [3.05, 3.63) is 54.1 Å². The van der Waals surface area contributed by atoms with Crippen molar-refractivity contribution >= 4 is 22.4 Å². The summed E-state index contributed by atoms with van der Waals surface area (Å²) in [6.07, 6.45) is 4.48. The lowest BCUT2D eigenvalue weighted by molar-refractivity contribution is 0.201. The second-order valence-electron chi connectivity index (χ2n) is 4.80. The molecule has 0 aliphatic carbocycles. The summed E-state index contributed by atoms with van der Waals surface area (Å²) in [4.78, 5) is 4.42. The summed E-state index contributed by atoms with van der Waals surface area (Å²) in [6, 6.07) is 10.2. The van der Waals surface area contributed by atoms with Crippen molar-refractivity contribution in [3.63, 3.8) is 0 Å². The molecule has 0 aliphatic rings. The Balaban J connectivity index is 1.60. The van der Waals surface area contributed by atoms with E-state index in [0.717, 1.165) is 29.6 Å². The predicted octanol–water partition coefficient (Wildman–Crippen LogP) is 2.72. The summed E-state index contributed by atoms with van der Waals surface area (Å²) in [5.74, 6) is 0.797. The van der Waals surface area contributed by atoms with Gasteiger partial charge >= 0.3 is 0 Å². The van der Waals surface area contributed by atoms with Crippen LogP contribution in [0.3, 0.4) is 0 Å². The highest BCUT2D eigenvalue weighted by Gasteiger charge is 2.06. The van der Waals surface area contributed by atoms with Crippen LogP contribution in [-0.2, 0) is 17.7 Å². The number of ether oxygens (including phenoxy) is 1. The lowest BCUT2D eigenvalue weighted by Gasteiger charge is -2.00. The maximum Gasteiger partial charge on any atom is 0.207 e. The molecule has 0 atom stereocenters. The average Bonchev–Trinajstić information content (AvgIpc) is 3.16. The van der Waals surface area contributed by atoms with Crippen LogP contribution in [0.5, 0.6) is 0 Å². The molecule has 0 spiro atoms. The van der Waals surface area contributed by atoms with Crippen molar-refractivity contribution in [2.75, 3.05) is 19.0 Å². The minimum absolute atomic E-state index is 0.630. The topological polar surface area (TPSA) is 64.9 Å². The van der Waals surface area contributed by atoms with Crippen molar-refractivity contribution in [1.82, 2.24) is 19.1 Å². The molecule has 2 aromatic heterocycles. The predicted molar refractivity (Wildman–Crippen MR) is 86.5 cm³/mol. The van der Waals surface area contributed by atoms with Crippen molar-refractivity contribution < 1.29 is 4.74 Å². The maximum atomic E-state index is 5.02. The number of nitrogens with zero attached hydrogens (tertiary/aromatic N) is 4. The Labute approximate surface area is 132 Å². The SMILES string of the molecule is COCCc1nsc(Nc2cnn(Cc3ccccc3)c2)n1. The monoisotopic (exact) mass is 315 g/mol. The highest BCUT2D eigenvalue weighted by atomic mass is 32.1. The maximum absolute atomic E-state index is 5.02. The van der Waals surface area contributed by atoms with Crippen LogP contribution in [0.2, 0.25) is 0 Å². The fourth-order valence-corrected chi connectivity index (χ4v) is 2.64. The van der Waals surface area contributed by atoms with Gasteiger partial charge in [0.25, 0.3) is 0 Å². The van der Waals surface area contributed by atoms with E-state index in [2.05, 4.69) is 31.9 Å². The van der Waals surface area contributed by atoms with Gasteiger partial charge in [-0.05, 0) is 5.56 Å². The Hall–Kier alpha value is -2.25. The quantitative estimate of drug-likeness (QED) is 0.726. The third-order valence-corrected chi connectivity index (χ3v) is 3.74. The van der Waals surface area contributed by atoms with Gasteiger partial charge in [0.1, 0.15) is 5.82 Å². The first kappa shape index (κ1) is 14.7. The van der Waals surface area contributed by atoms with Crippen LogP contribution in [0, 0.1) is 0 Å². The van der Waals surface area contributed by atoms with E-state index >= 15 is 0 Å². The van der Waals surface area contributed by atoms with Gasteiger partial charge in [0.15, 0.2) is 0 Å². The molecule has 0 aliphatic heterocycles. The van der Waals surface area contributed by atoms with Crippen LogP contribution in [0.1, 0.15) is 11.4 Å². The largest absolute Gasteiger partial charge is 0.384 e. The minimum Gasteiger partial charge on any atom is -0.384 e. The highest BCUT2D eigenvalue weighted by molar-refractivity contribution is 7.09. The summed E-state index contributed by atoms with van der Waals surface area (Å²) in [5.41, 5.74) is 2.13. The summed E-state index contributed by atoms with van der Waals surface area (Å²) >= 11 is 1.34. The molecule has 0 saturated heterocycles. The number of methoxy groups -OCH3 is 1. The fraction of sp³-hybridized carbons (Fsp3) is 0.267. The molecule has 0 unspecified atom stereocenters. The van der Waals surface area contributed by atoms with Gasteiger partial charge in [0.2, 0.25) is 5.13 Å². The normalized spacial score (nSPS) is 10.8. The Kier molecular flexibility index (Phi) is 4.77. The Morgan fingerprint density at radius 3 is 2.95 bits per heavy atom. The second kappa shape index (κ2) is 7.15. The first-order valence-electron chi connectivity index (χ1n) is 6.98. The van der Waals surface area contributed by atoms with E-state index in [9.17, 15) is 0 Å². The molecule has 1 aromatic carbocycles. The third-order valence-electron chi connectivity index (χ3n) is 3.07. The van der Waals surface area contributed by atoms with Gasteiger partial charge in [-0.2, -0.15) is 9.47 Å². The van der Waals surface area contributed by atoms with Gasteiger partial charge < -0.3 is 10.1 Å². The number of rotatable bonds is 7. The molecule has 3 aromatic rings. The van der Waals surface area contributed by atoms with Crippen LogP contribution in [0.4, 0.5) is 10.8 Å². The van der Waals surface area contributed by atoms with E-state index in [-0.39, 0.29) is 0 Å². The zero-order valence-corrected chi connectivity index (χ0v) is 13.1. The van der Waals surface area contributed by atoms with E-state index in [1.165, 1.54) is 17.1 Å². The zero-order valence-electron chi connectivity index (χ0n) is 12.3. The number of hydrogen-bond donors (Lipinski definition) is 1. The van der Waals surface area contributed by atoms with Gasteiger partial charge in [-0.1, -0.05) is 30.3 Å². The zero-order chi connectivity index (χ0) is 15.2. The molecule has 0 amide bonds. The van der Waals surface area contributed by atoms with Crippen molar-refractivity contribution in [2.45, 2.75) is 13.0 Å². The molecule has 0 saturated carbocycles. The van der Waals surface area contributed by atoms with Crippen LogP contribution in [0.15, 0.2) is 42.7 Å². The summed E-state index contributed by atoms with van der Waals surface area (Å²) < 4.78 is 11.2. The number of nitrogens with one attached hydrogen (secondary N) is 1. The Morgan fingerprint density at radius 2 is 2.14 bits per heavy atom. The molecule has 1 N–H and O–H groups in total. The third kappa shape index (κ3) is 3.90. The molecule has 2 heterocycles. The van der Waals surface area contributed by atoms with E-state index < -0.39 is 0 Å². The number of benzene rings is 1. The molecule has 0 radical (unpaired) electrons. The molecule has 0 bridgehead atoms. The van der Waals surface area contributed by atoms with Crippen molar-refractivity contribution in [3.8, 4) is 0 Å². The van der Waals surface area contributed by atoms with Gasteiger partial charge in [0, 0.05) is 31.3 Å². The van der Waals surface area contributed by atoms with Crippen LogP contribution >= 0.6 is 11.5 Å². The molecular formula is C15H17N5OS. The minimum atomic E-state index is 0.630. The summed E-state index contributed by atoms with van der Waals surface area (Å²) in [7, 11) is 1.67. The summed E-state index contributed by atoms with van der Waals surface area (Å²) in [5, 5.41) is 8.35. The van der Waals surface area contributed by atoms with E-state index in [1.54, 1.807) is 13.3 Å². The molecule has 7 heteroatoms. The molecular weight excluding hydrogens is 298 g/mol. The van der Waals surface area contributed by atoms with Crippen LogP contribution in [-0.4, -0.2) is 32.9 Å². The molecule has 114 valence electrons. The second-order valence-corrected chi connectivity index (χ2v) is 5.55. The molecule has 0 fully saturated rings. The van der Waals surface area contributed by atoms with Gasteiger partial charge in [-0.15, -0.1) is 0 Å². The first-order chi connectivity index (χ1) is 10.8. The van der Waals surface area contributed by atoms with Crippen molar-refractivity contribution in [2.24, 2.45) is 0 Å². The van der Waals surface area contributed by atoms with Crippen LogP contribution < -0.4 is 5.32 Å². The number of aromatic nitrogens is 4. The lowest BCUT2D eigenvalue weighted by Crippen LogP contribution is -1.99.